The van der Waals surface area contributed by atoms with Crippen LogP contribution in [0.5, 0.6) is 0 Å². The number of nitrogens with one attached hydrogen (secondary N) is 1. The third kappa shape index (κ3) is 3.84. The molecule has 1 N–H and O–H groups in total. The summed E-state index contributed by atoms with van der Waals surface area (Å²) >= 11 is 1.15. The molecule has 25 heavy (non-hydrogen) atoms. The molecule has 136 valence electrons. The Hall–Kier alpha value is -1.56. The van der Waals surface area contributed by atoms with Crippen LogP contribution in [0.3, 0.4) is 0 Å². The number of carbonyl (C=O) groups is 1. The lowest BCUT2D eigenvalue weighted by atomic mass is 10.2. The second kappa shape index (κ2) is 6.31. The van der Waals surface area contributed by atoms with Crippen LogP contribution in [-0.2, 0) is 24.7 Å². The van der Waals surface area contributed by atoms with E-state index in [2.05, 4.69) is 10.3 Å². The number of carbonyl (C=O) groups excluding carboxylic acids is 1. The summed E-state index contributed by atoms with van der Waals surface area (Å²) in [7, 11) is -6.77. The van der Waals surface area contributed by atoms with Crippen molar-refractivity contribution >= 4 is 52.5 Å². The summed E-state index contributed by atoms with van der Waals surface area (Å²) < 4.78 is 48.6. The fraction of sp³-hybridized carbons (Fsp3) is 0.429. The lowest BCUT2D eigenvalue weighted by Gasteiger charge is -2.20. The van der Waals surface area contributed by atoms with Gasteiger partial charge in [0.25, 0.3) is 0 Å². The number of nitrogens with zero attached hydrogens (tertiary/aromatic N) is 2. The number of anilines is 1. The molecule has 1 atom stereocenters. The average molecular weight is 404 g/mol. The predicted molar refractivity (Wildman–Crippen MR) is 95.9 cm³/mol. The van der Waals surface area contributed by atoms with Crippen molar-refractivity contribution in [1.82, 2.24) is 9.29 Å². The van der Waals surface area contributed by atoms with E-state index < -0.39 is 31.8 Å². The lowest BCUT2D eigenvalue weighted by Crippen LogP contribution is -2.42. The lowest BCUT2D eigenvalue weighted by molar-refractivity contribution is -0.119. The van der Waals surface area contributed by atoms with Gasteiger partial charge < -0.3 is 5.32 Å². The Balaban J connectivity index is 1.84. The number of sulfonamides is 1. The van der Waals surface area contributed by atoms with E-state index in [0.717, 1.165) is 23.8 Å². The Kier molecular flexibility index (Phi) is 4.60. The van der Waals surface area contributed by atoms with E-state index in [1.165, 1.54) is 16.4 Å². The van der Waals surface area contributed by atoms with Gasteiger partial charge >= 0.3 is 0 Å². The molecule has 8 nitrogen and oxygen atoms in total. The van der Waals surface area contributed by atoms with Gasteiger partial charge in [0.2, 0.25) is 15.9 Å². The minimum absolute atomic E-state index is 0.181. The van der Waals surface area contributed by atoms with Gasteiger partial charge in [-0.25, -0.2) is 21.8 Å². The second-order valence-corrected chi connectivity index (χ2v) is 10.9. The largest absolute Gasteiger partial charge is 0.301 e. The summed E-state index contributed by atoms with van der Waals surface area (Å²) in [5.41, 5.74) is 0.569. The van der Waals surface area contributed by atoms with Crippen LogP contribution in [0.25, 0.3) is 10.2 Å². The maximum atomic E-state index is 12.4. The Labute approximate surface area is 149 Å². The third-order valence-corrected chi connectivity index (χ3v) is 7.28. The van der Waals surface area contributed by atoms with Gasteiger partial charge in [-0.15, -0.1) is 0 Å². The van der Waals surface area contributed by atoms with Gasteiger partial charge in [-0.05, 0) is 31.0 Å². The van der Waals surface area contributed by atoms with Gasteiger partial charge in [-0.2, -0.15) is 4.31 Å². The zero-order valence-corrected chi connectivity index (χ0v) is 16.0. The van der Waals surface area contributed by atoms with Crippen LogP contribution in [0.4, 0.5) is 5.13 Å². The molecule has 2 heterocycles. The molecule has 1 saturated heterocycles. The first-order chi connectivity index (χ1) is 11.6. The molecule has 1 aliphatic rings. The fourth-order valence-corrected chi connectivity index (χ4v) is 5.53. The molecule has 1 aliphatic heterocycles. The molecule has 0 unspecified atom stereocenters. The van der Waals surface area contributed by atoms with Crippen molar-refractivity contribution in [2.24, 2.45) is 0 Å². The van der Waals surface area contributed by atoms with Crippen LogP contribution in [0, 0.1) is 0 Å². The summed E-state index contributed by atoms with van der Waals surface area (Å²) in [5, 5.41) is 2.96. The minimum Gasteiger partial charge on any atom is -0.301 e. The molecule has 1 fully saturated rings. The van der Waals surface area contributed by atoms with E-state index >= 15 is 0 Å². The van der Waals surface area contributed by atoms with E-state index in [1.807, 2.05) is 0 Å². The van der Waals surface area contributed by atoms with Crippen molar-refractivity contribution in [3.8, 4) is 0 Å². The second-order valence-electron chi connectivity index (χ2n) is 5.94. The van der Waals surface area contributed by atoms with Gasteiger partial charge in [0, 0.05) is 12.8 Å². The fourth-order valence-electron chi connectivity index (χ4n) is 2.78. The molecule has 1 aromatic carbocycles. The Morgan fingerprint density at radius 1 is 1.28 bits per heavy atom. The van der Waals surface area contributed by atoms with E-state index in [0.29, 0.717) is 34.7 Å². The summed E-state index contributed by atoms with van der Waals surface area (Å²) in [6, 6.07) is 3.81. The van der Waals surface area contributed by atoms with Crippen LogP contribution < -0.4 is 5.32 Å². The number of hydrogen-bond acceptors (Lipinski definition) is 7. The number of rotatable bonds is 4. The van der Waals surface area contributed by atoms with Gasteiger partial charge in [0.05, 0.1) is 21.4 Å². The summed E-state index contributed by atoms with van der Waals surface area (Å²) in [6.07, 6.45) is 3.30. The first-order valence-corrected chi connectivity index (χ1v) is 12.0. The standard InChI is InChI=1S/C14H17N3O5S3/c1-24(19,20)9-5-6-10-12(8-9)23-14(15-10)16-13(18)11-4-3-7-17(11)25(2,21)22/h5-6,8,11H,3-4,7H2,1-2H3,(H,15,16,18)/t11-/m1/s1. The van der Waals surface area contributed by atoms with Crippen molar-refractivity contribution in [2.45, 2.75) is 23.8 Å². The van der Waals surface area contributed by atoms with E-state index in [-0.39, 0.29) is 4.90 Å². The quantitative estimate of drug-likeness (QED) is 0.817. The maximum absolute atomic E-state index is 12.4. The summed E-state index contributed by atoms with van der Waals surface area (Å²) in [5.74, 6) is -0.426. The number of hydrogen-bond donors (Lipinski definition) is 1. The van der Waals surface area contributed by atoms with Crippen LogP contribution in [0.15, 0.2) is 23.1 Å². The molecule has 0 aliphatic carbocycles. The number of benzene rings is 1. The van der Waals surface area contributed by atoms with Crippen molar-refractivity contribution in [2.75, 3.05) is 24.4 Å². The van der Waals surface area contributed by atoms with Crippen LogP contribution >= 0.6 is 11.3 Å². The zero-order valence-electron chi connectivity index (χ0n) is 13.6. The Bertz CT molecular complexity index is 1040. The highest BCUT2D eigenvalue weighted by atomic mass is 32.2. The first kappa shape index (κ1) is 18.2. The summed E-state index contributed by atoms with van der Waals surface area (Å²) in [6.45, 7) is 0.328. The maximum Gasteiger partial charge on any atom is 0.244 e. The molecule has 0 radical (unpaired) electrons. The third-order valence-electron chi connectivity index (χ3n) is 3.95. The average Bonchev–Trinajstić information content (AvgIpc) is 3.11. The monoisotopic (exact) mass is 403 g/mol. The number of thiazole rings is 1. The zero-order chi connectivity index (χ0) is 18.4. The number of aromatic nitrogens is 1. The highest BCUT2D eigenvalue weighted by Gasteiger charge is 2.36. The molecule has 2 aromatic rings. The van der Waals surface area contributed by atoms with Crippen molar-refractivity contribution in [3.63, 3.8) is 0 Å². The highest BCUT2D eigenvalue weighted by molar-refractivity contribution is 7.90. The van der Waals surface area contributed by atoms with Crippen molar-refractivity contribution in [1.29, 1.82) is 0 Å². The smallest absolute Gasteiger partial charge is 0.244 e. The molecule has 0 saturated carbocycles. The van der Waals surface area contributed by atoms with Gasteiger partial charge in [0.15, 0.2) is 15.0 Å². The van der Waals surface area contributed by atoms with Gasteiger partial charge in [-0.1, -0.05) is 11.3 Å². The molecule has 3 rings (SSSR count). The van der Waals surface area contributed by atoms with E-state index in [4.69, 9.17) is 0 Å². The number of sulfone groups is 1. The predicted octanol–water partition coefficient (Wildman–Crippen LogP) is 1.06. The first-order valence-electron chi connectivity index (χ1n) is 7.44. The normalized spacial score (nSPS) is 19.4. The molecule has 11 heteroatoms. The van der Waals surface area contributed by atoms with E-state index in [1.54, 1.807) is 6.07 Å². The van der Waals surface area contributed by atoms with Gasteiger partial charge in [0.1, 0.15) is 6.04 Å². The molecule has 0 spiro atoms. The van der Waals surface area contributed by atoms with Crippen LogP contribution in [0.2, 0.25) is 0 Å². The Morgan fingerprint density at radius 3 is 2.64 bits per heavy atom. The number of fused-ring (bicyclic) bond motifs is 1. The van der Waals surface area contributed by atoms with Crippen LogP contribution in [-0.4, -0.2) is 57.1 Å². The van der Waals surface area contributed by atoms with Crippen molar-refractivity contribution in [3.05, 3.63) is 18.2 Å². The molecular formula is C14H17N3O5S3. The SMILES string of the molecule is CS(=O)(=O)c1ccc2nc(NC(=O)[C@H]3CCCN3S(C)(=O)=O)sc2c1. The molecule has 0 bridgehead atoms. The van der Waals surface area contributed by atoms with Crippen molar-refractivity contribution < 1.29 is 21.6 Å². The topological polar surface area (TPSA) is 114 Å². The number of amides is 1. The van der Waals surface area contributed by atoms with Crippen LogP contribution in [0.1, 0.15) is 12.8 Å². The highest BCUT2D eigenvalue weighted by Crippen LogP contribution is 2.29. The minimum atomic E-state index is -3.45. The van der Waals surface area contributed by atoms with Gasteiger partial charge in [-0.3, -0.25) is 4.79 Å². The van der Waals surface area contributed by atoms with E-state index in [9.17, 15) is 21.6 Å². The molecule has 1 amide bonds. The molecular weight excluding hydrogens is 386 g/mol. The summed E-state index contributed by atoms with van der Waals surface area (Å²) in [4.78, 5) is 16.9. The molecule has 1 aromatic heterocycles. The Morgan fingerprint density at radius 2 is 2.00 bits per heavy atom.